The molecule has 4 rings (SSSR count). The molecule has 4 atom stereocenters. The Morgan fingerprint density at radius 1 is 1.35 bits per heavy atom. The molecule has 2 bridgehead atoms. The molecule has 4 aliphatic heterocycles. The number of hydroxylamine groups is 3. The highest BCUT2D eigenvalue weighted by Crippen LogP contribution is 2.30. The van der Waals surface area contributed by atoms with Crippen molar-refractivity contribution in [3.05, 3.63) is 0 Å². The lowest BCUT2D eigenvalue weighted by atomic mass is 10.0. The Kier molecular flexibility index (Phi) is 5.53. The van der Waals surface area contributed by atoms with Crippen LogP contribution in [0.1, 0.15) is 19.3 Å². The summed E-state index contributed by atoms with van der Waals surface area (Å²) in [5.41, 5.74) is 2.52. The summed E-state index contributed by atoms with van der Waals surface area (Å²) >= 11 is 3.72. The molecule has 3 N–H and O–H groups in total. The van der Waals surface area contributed by atoms with E-state index in [1.807, 2.05) is 0 Å². The van der Waals surface area contributed by atoms with Gasteiger partial charge in [0.2, 0.25) is 0 Å². The van der Waals surface area contributed by atoms with Crippen molar-refractivity contribution in [2.24, 2.45) is 0 Å². The molecule has 146 valence electrons. The first-order valence-electron chi connectivity index (χ1n) is 9.18. The summed E-state index contributed by atoms with van der Waals surface area (Å²) in [5, 5.41) is 8.01. The molecule has 4 fully saturated rings. The molecule has 4 heterocycles. The minimum atomic E-state index is -0.521. The molecule has 4 saturated heterocycles. The van der Waals surface area contributed by atoms with Crippen LogP contribution < -0.4 is 16.1 Å². The second-order valence-corrected chi connectivity index (χ2v) is 7.50. The zero-order chi connectivity index (χ0) is 18.1. The summed E-state index contributed by atoms with van der Waals surface area (Å²) in [5.74, 6) is -0.281. The van der Waals surface area contributed by atoms with Crippen LogP contribution in [0.2, 0.25) is 0 Å². The SMILES string of the molecule is O=C(NOC[C@@H]1C[C@@H](N2CCNC2)CN1)C1CCC2CN1C(=O)N2OS. The van der Waals surface area contributed by atoms with Crippen molar-refractivity contribution in [3.63, 3.8) is 0 Å². The number of thiol groups is 1. The highest BCUT2D eigenvalue weighted by atomic mass is 32.1. The fourth-order valence-corrected chi connectivity index (χ4v) is 4.54. The normalized spacial score (nSPS) is 34.7. The Morgan fingerprint density at radius 2 is 2.23 bits per heavy atom. The molecular weight excluding hydrogens is 360 g/mol. The Balaban J connectivity index is 1.21. The van der Waals surface area contributed by atoms with Crippen LogP contribution in [-0.2, 0) is 13.9 Å². The van der Waals surface area contributed by atoms with E-state index in [0.29, 0.717) is 32.0 Å². The molecule has 0 radical (unpaired) electrons. The lowest BCUT2D eigenvalue weighted by molar-refractivity contribution is -0.139. The Bertz CT molecular complexity index is 548. The third kappa shape index (κ3) is 3.51. The van der Waals surface area contributed by atoms with Crippen molar-refractivity contribution in [1.82, 2.24) is 31.0 Å². The highest BCUT2D eigenvalue weighted by molar-refractivity contribution is 7.75. The molecule has 2 unspecified atom stereocenters. The average molecular weight is 386 g/mol. The van der Waals surface area contributed by atoms with Crippen LogP contribution in [0.25, 0.3) is 0 Å². The van der Waals surface area contributed by atoms with E-state index in [0.717, 1.165) is 32.7 Å². The van der Waals surface area contributed by atoms with Gasteiger partial charge in [0.25, 0.3) is 5.91 Å². The summed E-state index contributed by atoms with van der Waals surface area (Å²) in [6.45, 7) is 4.90. The number of hydrogen-bond donors (Lipinski definition) is 4. The smallest absolute Gasteiger partial charge is 0.310 e. The van der Waals surface area contributed by atoms with E-state index in [4.69, 9.17) is 9.12 Å². The van der Waals surface area contributed by atoms with Crippen LogP contribution in [0, 0.1) is 0 Å². The van der Waals surface area contributed by atoms with Gasteiger partial charge in [0.15, 0.2) is 0 Å². The number of rotatable bonds is 6. The number of nitrogens with one attached hydrogen (secondary N) is 3. The van der Waals surface area contributed by atoms with Crippen LogP contribution >= 0.6 is 12.9 Å². The maximum absolute atomic E-state index is 12.4. The van der Waals surface area contributed by atoms with E-state index >= 15 is 0 Å². The van der Waals surface area contributed by atoms with Gasteiger partial charge in [-0.25, -0.2) is 14.6 Å². The maximum Gasteiger partial charge on any atom is 0.345 e. The number of hydrogen-bond acceptors (Lipinski definition) is 8. The number of amides is 3. The van der Waals surface area contributed by atoms with Crippen LogP contribution in [0.5, 0.6) is 0 Å². The molecular formula is C15H26N6O4S. The van der Waals surface area contributed by atoms with Crippen LogP contribution in [0.15, 0.2) is 0 Å². The second-order valence-electron chi connectivity index (χ2n) is 7.33. The number of carbonyl (C=O) groups is 2. The van der Waals surface area contributed by atoms with Gasteiger partial charge in [-0.1, -0.05) is 0 Å². The van der Waals surface area contributed by atoms with Crippen LogP contribution in [0.4, 0.5) is 4.79 Å². The number of piperidine rings is 1. The summed E-state index contributed by atoms with van der Waals surface area (Å²) in [4.78, 5) is 34.0. The Morgan fingerprint density at radius 3 is 3.00 bits per heavy atom. The minimum absolute atomic E-state index is 0.0373. The van der Waals surface area contributed by atoms with Gasteiger partial charge in [0.05, 0.1) is 12.6 Å². The standard InChI is InChI=1S/C15H26N6O4S/c22-14(13-2-1-11-7-20(13)15(23)21(11)25-26)18-24-8-10-5-12(6-17-10)19-4-3-16-9-19/h10-13,16-17,26H,1-9H2,(H,18,22)/t10-,11?,12+,13?/m0/s1. The van der Waals surface area contributed by atoms with Crippen LogP contribution in [0.3, 0.4) is 0 Å². The molecule has 0 saturated carbocycles. The van der Waals surface area contributed by atoms with Crippen molar-refractivity contribution in [2.45, 2.75) is 43.4 Å². The number of fused-ring (bicyclic) bond motifs is 2. The average Bonchev–Trinajstić information content (AvgIpc) is 3.37. The first-order valence-corrected chi connectivity index (χ1v) is 9.55. The first kappa shape index (κ1) is 18.3. The first-order chi connectivity index (χ1) is 12.7. The molecule has 0 aromatic carbocycles. The van der Waals surface area contributed by atoms with Gasteiger partial charge < -0.3 is 15.5 Å². The fourth-order valence-electron chi connectivity index (χ4n) is 4.33. The third-order valence-corrected chi connectivity index (χ3v) is 5.95. The number of urea groups is 1. The Hall–Kier alpha value is -1.11. The third-order valence-electron chi connectivity index (χ3n) is 5.78. The summed E-state index contributed by atoms with van der Waals surface area (Å²) in [6.07, 6.45) is 2.29. The predicted octanol–water partition coefficient (Wildman–Crippen LogP) is -1.33. The lowest BCUT2D eigenvalue weighted by Gasteiger charge is -2.29. The topological polar surface area (TPSA) is 98.4 Å². The van der Waals surface area contributed by atoms with Gasteiger partial charge in [-0.3, -0.25) is 14.5 Å². The minimum Gasteiger partial charge on any atom is -0.310 e. The van der Waals surface area contributed by atoms with Gasteiger partial charge >= 0.3 is 6.03 Å². The van der Waals surface area contributed by atoms with E-state index in [9.17, 15) is 9.59 Å². The van der Waals surface area contributed by atoms with E-state index in [1.165, 1.54) is 9.96 Å². The molecule has 0 aliphatic carbocycles. The number of nitrogens with zero attached hydrogens (tertiary/aromatic N) is 3. The second kappa shape index (κ2) is 7.87. The Labute approximate surface area is 158 Å². The van der Waals surface area contributed by atoms with Gasteiger partial charge in [0, 0.05) is 57.8 Å². The molecule has 10 nitrogen and oxygen atoms in total. The lowest BCUT2D eigenvalue weighted by Crippen LogP contribution is -2.50. The molecule has 0 aromatic rings. The molecule has 4 aliphatic rings. The van der Waals surface area contributed by atoms with Gasteiger partial charge in [-0.2, -0.15) is 5.06 Å². The van der Waals surface area contributed by atoms with E-state index < -0.39 is 6.04 Å². The highest BCUT2D eigenvalue weighted by Gasteiger charge is 2.48. The van der Waals surface area contributed by atoms with Crippen molar-refractivity contribution in [1.29, 1.82) is 0 Å². The van der Waals surface area contributed by atoms with Gasteiger partial charge in [-0.05, 0) is 19.3 Å². The van der Waals surface area contributed by atoms with Gasteiger partial charge in [0.1, 0.15) is 6.04 Å². The van der Waals surface area contributed by atoms with Crippen molar-refractivity contribution >= 4 is 24.8 Å². The summed E-state index contributed by atoms with van der Waals surface area (Å²) in [7, 11) is 0. The molecule has 26 heavy (non-hydrogen) atoms. The zero-order valence-electron chi connectivity index (χ0n) is 14.6. The quantitative estimate of drug-likeness (QED) is 0.255. The van der Waals surface area contributed by atoms with Crippen molar-refractivity contribution in [3.8, 4) is 0 Å². The maximum atomic E-state index is 12.4. The zero-order valence-corrected chi connectivity index (χ0v) is 15.5. The predicted molar refractivity (Wildman–Crippen MR) is 94.7 cm³/mol. The molecule has 11 heteroatoms. The van der Waals surface area contributed by atoms with Crippen molar-refractivity contribution in [2.75, 3.05) is 39.5 Å². The molecule has 0 aromatic heterocycles. The monoisotopic (exact) mass is 386 g/mol. The van der Waals surface area contributed by atoms with E-state index in [-0.39, 0.29) is 24.0 Å². The summed E-state index contributed by atoms with van der Waals surface area (Å²) < 4.78 is 4.82. The summed E-state index contributed by atoms with van der Waals surface area (Å²) in [6, 6.07) is -0.142. The van der Waals surface area contributed by atoms with Gasteiger partial charge in [-0.15, -0.1) is 0 Å². The van der Waals surface area contributed by atoms with Crippen molar-refractivity contribution < 1.29 is 18.7 Å². The van der Waals surface area contributed by atoms with E-state index in [1.54, 1.807) is 0 Å². The fraction of sp³-hybridized carbons (Fsp3) is 0.867. The van der Waals surface area contributed by atoms with Crippen LogP contribution in [-0.4, -0.2) is 90.4 Å². The largest absolute Gasteiger partial charge is 0.345 e. The molecule has 3 amide bonds. The number of carbonyl (C=O) groups excluding carboxylic acids is 2. The van der Waals surface area contributed by atoms with E-state index in [2.05, 4.69) is 33.9 Å². The molecule has 0 spiro atoms.